The summed E-state index contributed by atoms with van der Waals surface area (Å²) in [4.78, 5) is 19.4. The third-order valence-corrected chi connectivity index (χ3v) is 7.39. The van der Waals surface area contributed by atoms with Crippen LogP contribution in [0.25, 0.3) is 0 Å². The van der Waals surface area contributed by atoms with Gasteiger partial charge in [0.25, 0.3) is 0 Å². The summed E-state index contributed by atoms with van der Waals surface area (Å²) in [6.45, 7) is 3.89. The number of anilines is 2. The summed E-state index contributed by atoms with van der Waals surface area (Å²) in [5.74, 6) is 0.830. The second-order valence-electron chi connectivity index (χ2n) is 9.62. The van der Waals surface area contributed by atoms with Crippen LogP contribution in [0.4, 0.5) is 29.3 Å². The zero-order valence-electron chi connectivity index (χ0n) is 21.0. The van der Waals surface area contributed by atoms with Crippen LogP contribution in [0.1, 0.15) is 35.1 Å². The molecule has 0 saturated carbocycles. The number of carbonyl (C=O) groups excluding carboxylic acids is 1. The third-order valence-electron chi connectivity index (χ3n) is 7.39. The molecular formula is C29H30F3N3O2. The van der Waals surface area contributed by atoms with Crippen LogP contribution in [0.3, 0.4) is 0 Å². The summed E-state index contributed by atoms with van der Waals surface area (Å²) in [5.41, 5.74) is 3.19. The monoisotopic (exact) mass is 509 g/mol. The fourth-order valence-electron chi connectivity index (χ4n) is 5.56. The number of fused-ring (bicyclic) bond motifs is 1. The quantitative estimate of drug-likeness (QED) is 0.387. The third kappa shape index (κ3) is 4.84. The Morgan fingerprint density at radius 2 is 1.65 bits per heavy atom. The lowest BCUT2D eigenvalue weighted by molar-refractivity contribution is -0.138. The van der Waals surface area contributed by atoms with E-state index >= 15 is 0 Å². The van der Waals surface area contributed by atoms with Crippen LogP contribution in [-0.2, 0) is 19.3 Å². The molecule has 0 unspecified atom stereocenters. The largest absolute Gasteiger partial charge is 0.495 e. The zero-order valence-corrected chi connectivity index (χ0v) is 21.0. The van der Waals surface area contributed by atoms with Crippen LogP contribution >= 0.6 is 0 Å². The van der Waals surface area contributed by atoms with Gasteiger partial charge >= 0.3 is 12.2 Å². The highest BCUT2D eigenvalue weighted by Gasteiger charge is 2.38. The lowest BCUT2D eigenvalue weighted by Gasteiger charge is -2.44. The highest BCUT2D eigenvalue weighted by Crippen LogP contribution is 2.38. The van der Waals surface area contributed by atoms with Crippen molar-refractivity contribution in [2.45, 2.75) is 45.1 Å². The minimum atomic E-state index is -4.49. The van der Waals surface area contributed by atoms with E-state index in [-0.39, 0.29) is 24.2 Å². The van der Waals surface area contributed by atoms with E-state index in [0.29, 0.717) is 12.2 Å². The Kier molecular flexibility index (Phi) is 6.75. The number of piperidine rings is 1. The Morgan fingerprint density at radius 1 is 0.946 bits per heavy atom. The van der Waals surface area contributed by atoms with E-state index in [1.165, 1.54) is 17.0 Å². The van der Waals surface area contributed by atoms with Crippen molar-refractivity contribution in [2.75, 3.05) is 30.0 Å². The molecule has 2 aliphatic rings. The molecule has 0 spiro atoms. The lowest BCUT2D eigenvalue weighted by Crippen LogP contribution is -2.54. The number of amides is 2. The molecule has 3 aromatic rings. The van der Waals surface area contributed by atoms with E-state index in [1.807, 2.05) is 41.3 Å². The van der Waals surface area contributed by atoms with Crippen molar-refractivity contribution >= 4 is 17.4 Å². The molecule has 3 aromatic carbocycles. The van der Waals surface area contributed by atoms with Crippen LogP contribution in [0.5, 0.6) is 5.75 Å². The van der Waals surface area contributed by atoms with Crippen LogP contribution < -0.4 is 14.5 Å². The number of alkyl halides is 3. The highest BCUT2D eigenvalue weighted by molar-refractivity contribution is 5.95. The number of hydrogen-bond donors (Lipinski definition) is 0. The van der Waals surface area contributed by atoms with Gasteiger partial charge in [0.2, 0.25) is 0 Å². The van der Waals surface area contributed by atoms with Gasteiger partial charge in [0.05, 0.1) is 30.6 Å². The zero-order chi connectivity index (χ0) is 26.2. The maximum atomic E-state index is 13.8. The summed E-state index contributed by atoms with van der Waals surface area (Å²) in [5, 5.41) is 0. The summed E-state index contributed by atoms with van der Waals surface area (Å²) in [7, 11) is 1.67. The molecule has 1 fully saturated rings. The number of methoxy groups -OCH3 is 1. The van der Waals surface area contributed by atoms with Crippen molar-refractivity contribution in [1.29, 1.82) is 0 Å². The molecule has 0 atom stereocenters. The lowest BCUT2D eigenvalue weighted by atomic mass is 9.98. The number of halogens is 3. The normalized spacial score (nSPS) is 16.7. The molecule has 194 valence electrons. The van der Waals surface area contributed by atoms with Crippen LogP contribution in [0.15, 0.2) is 66.7 Å². The van der Waals surface area contributed by atoms with Crippen molar-refractivity contribution in [3.05, 3.63) is 89.0 Å². The summed E-state index contributed by atoms with van der Waals surface area (Å²) in [6, 6.07) is 18.7. The molecule has 1 saturated heterocycles. The number of nitrogens with zero attached hydrogens (tertiary/aromatic N) is 3. The van der Waals surface area contributed by atoms with E-state index < -0.39 is 11.7 Å². The van der Waals surface area contributed by atoms with Gasteiger partial charge in [-0.1, -0.05) is 48.5 Å². The number of rotatable bonds is 5. The molecule has 0 aliphatic carbocycles. The first-order valence-corrected chi connectivity index (χ1v) is 12.5. The van der Waals surface area contributed by atoms with Crippen LogP contribution in [0.2, 0.25) is 0 Å². The number of para-hydroxylation sites is 2. The van der Waals surface area contributed by atoms with Gasteiger partial charge in [0.15, 0.2) is 0 Å². The minimum Gasteiger partial charge on any atom is -0.495 e. The van der Waals surface area contributed by atoms with E-state index in [4.69, 9.17) is 4.74 Å². The second kappa shape index (κ2) is 10.00. The highest BCUT2D eigenvalue weighted by atomic mass is 19.4. The molecule has 8 heteroatoms. The molecule has 2 aliphatic heterocycles. The molecule has 0 N–H and O–H groups in total. The maximum Gasteiger partial charge on any atom is 0.416 e. The molecule has 5 nitrogen and oxygen atoms in total. The average molecular weight is 510 g/mol. The van der Waals surface area contributed by atoms with Crippen molar-refractivity contribution < 1.29 is 22.7 Å². The topological polar surface area (TPSA) is 36.0 Å². The first-order valence-electron chi connectivity index (χ1n) is 12.5. The Hall–Kier alpha value is -3.68. The van der Waals surface area contributed by atoms with E-state index in [9.17, 15) is 18.0 Å². The molecule has 0 bridgehead atoms. The molecule has 0 aromatic heterocycles. The molecule has 5 rings (SSSR count). The summed E-state index contributed by atoms with van der Waals surface area (Å²) >= 11 is 0. The van der Waals surface area contributed by atoms with Gasteiger partial charge in [0.1, 0.15) is 5.75 Å². The van der Waals surface area contributed by atoms with Crippen molar-refractivity contribution in [2.24, 2.45) is 0 Å². The molecule has 37 heavy (non-hydrogen) atoms. The van der Waals surface area contributed by atoms with Gasteiger partial charge in [-0.25, -0.2) is 4.79 Å². The smallest absolute Gasteiger partial charge is 0.416 e. The SMILES string of the molecule is COc1cccc(C)c1N1CCC(N2Cc3ccccc3N(Cc3ccccc3C(F)(F)F)C2=O)CC1. The first kappa shape index (κ1) is 25.0. The predicted molar refractivity (Wildman–Crippen MR) is 138 cm³/mol. The fourth-order valence-corrected chi connectivity index (χ4v) is 5.56. The van der Waals surface area contributed by atoms with Gasteiger partial charge in [0, 0.05) is 25.7 Å². The van der Waals surface area contributed by atoms with Crippen molar-refractivity contribution in [3.63, 3.8) is 0 Å². The Bertz CT molecular complexity index is 1290. The number of hydrogen-bond acceptors (Lipinski definition) is 3. The summed E-state index contributed by atoms with van der Waals surface area (Å²) in [6.07, 6.45) is -2.96. The molecule has 2 amide bonds. The van der Waals surface area contributed by atoms with E-state index in [2.05, 4.69) is 17.9 Å². The summed E-state index contributed by atoms with van der Waals surface area (Å²) < 4.78 is 46.7. The Labute approximate surface area is 215 Å². The minimum absolute atomic E-state index is 0.00696. The second-order valence-corrected chi connectivity index (χ2v) is 9.62. The predicted octanol–water partition coefficient (Wildman–Crippen LogP) is 6.63. The molecule has 2 heterocycles. The average Bonchev–Trinajstić information content (AvgIpc) is 2.90. The van der Waals surface area contributed by atoms with Gasteiger partial charge in [-0.3, -0.25) is 4.90 Å². The van der Waals surface area contributed by atoms with Gasteiger partial charge in [-0.05, 0) is 54.7 Å². The van der Waals surface area contributed by atoms with Crippen molar-refractivity contribution in [3.8, 4) is 5.75 Å². The van der Waals surface area contributed by atoms with Gasteiger partial charge in [-0.2, -0.15) is 13.2 Å². The van der Waals surface area contributed by atoms with Crippen molar-refractivity contribution in [1.82, 2.24) is 4.90 Å². The number of aryl methyl sites for hydroxylation is 1. The Balaban J connectivity index is 1.39. The van der Waals surface area contributed by atoms with Crippen LogP contribution in [0, 0.1) is 6.92 Å². The maximum absolute atomic E-state index is 13.8. The molecular weight excluding hydrogens is 479 g/mol. The standard InChI is InChI=1S/C29H30F3N3O2/c1-20-8-7-13-26(37-2)27(20)33-16-14-23(15-17-33)34-19-22-10-4-6-12-25(22)35(28(34)36)18-21-9-3-5-11-24(21)29(30,31)32/h3-13,23H,14-19H2,1-2H3. The van der Waals surface area contributed by atoms with E-state index in [0.717, 1.165) is 54.6 Å². The van der Waals surface area contributed by atoms with Gasteiger partial charge < -0.3 is 14.5 Å². The number of urea groups is 1. The van der Waals surface area contributed by atoms with Gasteiger partial charge in [-0.15, -0.1) is 0 Å². The fraction of sp³-hybridized carbons (Fsp3) is 0.345. The van der Waals surface area contributed by atoms with Crippen LogP contribution in [-0.4, -0.2) is 37.2 Å². The number of benzene rings is 3. The first-order chi connectivity index (χ1) is 17.8. The molecule has 0 radical (unpaired) electrons. The van der Waals surface area contributed by atoms with E-state index in [1.54, 1.807) is 13.2 Å². The Morgan fingerprint density at radius 3 is 2.38 bits per heavy atom. The number of carbonyl (C=O) groups is 1. The number of ether oxygens (including phenoxy) is 1.